The van der Waals surface area contributed by atoms with E-state index in [0.717, 1.165) is 0 Å². The fourth-order valence-corrected chi connectivity index (χ4v) is 2.52. The van der Waals surface area contributed by atoms with Crippen LogP contribution in [0.25, 0.3) is 0 Å². The van der Waals surface area contributed by atoms with E-state index in [2.05, 4.69) is 26.1 Å². The number of nitrogens with one attached hydrogen (secondary N) is 1. The van der Waals surface area contributed by atoms with Crippen molar-refractivity contribution in [3.63, 3.8) is 0 Å². The van der Waals surface area contributed by atoms with Crippen LogP contribution in [0, 0.1) is 9.39 Å². The summed E-state index contributed by atoms with van der Waals surface area (Å²) < 4.78 is 13.7. The molecule has 0 aliphatic rings. The summed E-state index contributed by atoms with van der Waals surface area (Å²) in [5.74, 6) is -0.507. The van der Waals surface area contributed by atoms with Crippen molar-refractivity contribution >= 4 is 34.2 Å². The molecule has 0 aromatic heterocycles. The lowest BCUT2D eigenvalue weighted by Crippen LogP contribution is -2.15. The van der Waals surface area contributed by atoms with E-state index < -0.39 is 0 Å². The Balaban J connectivity index is 2.17. The zero-order valence-electron chi connectivity index (χ0n) is 12.2. The zero-order valence-corrected chi connectivity index (χ0v) is 14.4. The van der Waals surface area contributed by atoms with Crippen LogP contribution in [0.5, 0.6) is 0 Å². The molecule has 0 atom stereocenters. The second kappa shape index (κ2) is 6.13. The van der Waals surface area contributed by atoms with E-state index >= 15 is 0 Å². The summed E-state index contributed by atoms with van der Waals surface area (Å²) in [4.78, 5) is 12.2. The number of halogens is 2. The average Bonchev–Trinajstić information content (AvgIpc) is 2.41. The molecule has 2 rings (SSSR count). The number of benzene rings is 2. The first-order chi connectivity index (χ1) is 9.77. The molecular formula is C17H17FINO. The van der Waals surface area contributed by atoms with Gasteiger partial charge in [-0.05, 0) is 63.9 Å². The minimum atomic E-state index is -0.313. The Labute approximate surface area is 137 Å². The van der Waals surface area contributed by atoms with E-state index in [0.29, 0.717) is 14.8 Å². The van der Waals surface area contributed by atoms with Gasteiger partial charge in [0.05, 0.1) is 5.69 Å². The van der Waals surface area contributed by atoms with Gasteiger partial charge in [0.2, 0.25) is 0 Å². The molecule has 1 N–H and O–H groups in total. The van der Waals surface area contributed by atoms with Crippen LogP contribution in [0.4, 0.5) is 10.1 Å². The third-order valence-electron chi connectivity index (χ3n) is 3.19. The average molecular weight is 397 g/mol. The van der Waals surface area contributed by atoms with E-state index in [1.165, 1.54) is 17.7 Å². The van der Waals surface area contributed by atoms with Crippen molar-refractivity contribution < 1.29 is 9.18 Å². The predicted octanol–water partition coefficient (Wildman–Crippen LogP) is 4.98. The largest absolute Gasteiger partial charge is 0.321 e. The highest BCUT2D eigenvalue weighted by Crippen LogP contribution is 2.23. The highest BCUT2D eigenvalue weighted by Gasteiger charge is 2.14. The molecule has 0 spiro atoms. The third-order valence-corrected chi connectivity index (χ3v) is 4.08. The molecule has 21 heavy (non-hydrogen) atoms. The van der Waals surface area contributed by atoms with Crippen molar-refractivity contribution in [3.05, 3.63) is 63.0 Å². The molecule has 0 bridgehead atoms. The first-order valence-electron chi connectivity index (χ1n) is 6.64. The van der Waals surface area contributed by atoms with E-state index in [1.54, 1.807) is 6.07 Å². The molecule has 0 saturated heterocycles. The maximum Gasteiger partial charge on any atom is 0.255 e. The monoisotopic (exact) mass is 397 g/mol. The van der Waals surface area contributed by atoms with Crippen LogP contribution in [-0.4, -0.2) is 5.91 Å². The van der Waals surface area contributed by atoms with Gasteiger partial charge in [0.25, 0.3) is 5.91 Å². The quantitative estimate of drug-likeness (QED) is 0.712. The summed E-state index contributed by atoms with van der Waals surface area (Å²) >= 11 is 2.00. The lowest BCUT2D eigenvalue weighted by atomic mass is 9.87. The first kappa shape index (κ1) is 15.9. The number of carbonyl (C=O) groups is 1. The first-order valence-corrected chi connectivity index (χ1v) is 7.72. The molecule has 2 aromatic carbocycles. The van der Waals surface area contributed by atoms with Gasteiger partial charge < -0.3 is 5.32 Å². The van der Waals surface area contributed by atoms with Crippen molar-refractivity contribution in [1.82, 2.24) is 0 Å². The summed E-state index contributed by atoms with van der Waals surface area (Å²) in [6.45, 7) is 6.38. The van der Waals surface area contributed by atoms with Crippen molar-refractivity contribution in [2.45, 2.75) is 26.2 Å². The Morgan fingerprint density at radius 2 is 1.71 bits per heavy atom. The SMILES string of the molecule is CC(C)(C)c1ccc(C(=O)Nc2ccc(F)cc2I)cc1. The van der Waals surface area contributed by atoms with Crippen molar-refractivity contribution in [2.75, 3.05) is 5.32 Å². The maximum atomic E-state index is 13.0. The molecule has 0 saturated carbocycles. The highest BCUT2D eigenvalue weighted by molar-refractivity contribution is 14.1. The van der Waals surface area contributed by atoms with Gasteiger partial charge >= 0.3 is 0 Å². The summed E-state index contributed by atoms with van der Waals surface area (Å²) in [5.41, 5.74) is 2.43. The number of amides is 1. The molecule has 4 heteroatoms. The van der Waals surface area contributed by atoms with Crippen molar-refractivity contribution in [1.29, 1.82) is 0 Å². The Morgan fingerprint density at radius 3 is 2.24 bits per heavy atom. The summed E-state index contributed by atoms with van der Waals surface area (Å²) in [6.07, 6.45) is 0. The number of rotatable bonds is 2. The van der Waals surface area contributed by atoms with Crippen LogP contribution in [0.3, 0.4) is 0 Å². The molecule has 0 unspecified atom stereocenters. The molecular weight excluding hydrogens is 380 g/mol. The fraction of sp³-hybridized carbons (Fsp3) is 0.235. The third kappa shape index (κ3) is 4.03. The van der Waals surface area contributed by atoms with Crippen LogP contribution >= 0.6 is 22.6 Å². The molecule has 0 radical (unpaired) electrons. The molecule has 110 valence electrons. The summed E-state index contributed by atoms with van der Waals surface area (Å²) in [6, 6.07) is 11.8. The standard InChI is InChI=1S/C17H17FINO/c1-17(2,3)12-6-4-11(5-7-12)16(21)20-15-9-8-13(18)10-14(15)19/h4-10H,1-3H3,(H,20,21). The predicted molar refractivity (Wildman–Crippen MR) is 92.2 cm³/mol. The molecule has 1 amide bonds. The second-order valence-electron chi connectivity index (χ2n) is 5.91. The summed E-state index contributed by atoms with van der Waals surface area (Å²) in [5, 5.41) is 2.80. The van der Waals surface area contributed by atoms with Crippen LogP contribution in [0.15, 0.2) is 42.5 Å². The molecule has 0 heterocycles. The van der Waals surface area contributed by atoms with E-state index in [1.807, 2.05) is 46.9 Å². The molecule has 0 aliphatic carbocycles. The van der Waals surface area contributed by atoms with Gasteiger partial charge in [-0.3, -0.25) is 4.79 Å². The zero-order chi connectivity index (χ0) is 15.6. The topological polar surface area (TPSA) is 29.1 Å². The van der Waals surface area contributed by atoms with Crippen LogP contribution < -0.4 is 5.32 Å². The normalized spacial score (nSPS) is 11.3. The lowest BCUT2D eigenvalue weighted by molar-refractivity contribution is 0.102. The van der Waals surface area contributed by atoms with Gasteiger partial charge in [0.15, 0.2) is 0 Å². The van der Waals surface area contributed by atoms with Gasteiger partial charge in [-0.15, -0.1) is 0 Å². The maximum absolute atomic E-state index is 13.0. The smallest absolute Gasteiger partial charge is 0.255 e. The van der Waals surface area contributed by atoms with Gasteiger partial charge in [0, 0.05) is 9.13 Å². The van der Waals surface area contributed by atoms with Gasteiger partial charge in [0.1, 0.15) is 5.82 Å². The van der Waals surface area contributed by atoms with E-state index in [4.69, 9.17) is 0 Å². The Kier molecular flexibility index (Phi) is 4.66. The fourth-order valence-electron chi connectivity index (χ4n) is 1.91. The van der Waals surface area contributed by atoms with Crippen LogP contribution in [0.2, 0.25) is 0 Å². The molecule has 2 aromatic rings. The molecule has 0 fully saturated rings. The number of hydrogen-bond acceptors (Lipinski definition) is 1. The second-order valence-corrected chi connectivity index (χ2v) is 7.07. The van der Waals surface area contributed by atoms with Gasteiger partial charge in [-0.25, -0.2) is 4.39 Å². The van der Waals surface area contributed by atoms with Crippen molar-refractivity contribution in [3.8, 4) is 0 Å². The minimum Gasteiger partial charge on any atom is -0.321 e. The summed E-state index contributed by atoms with van der Waals surface area (Å²) in [7, 11) is 0. The Bertz CT molecular complexity index is 659. The van der Waals surface area contributed by atoms with Crippen molar-refractivity contribution in [2.24, 2.45) is 0 Å². The minimum absolute atomic E-state index is 0.0569. The number of hydrogen-bond donors (Lipinski definition) is 1. The number of carbonyl (C=O) groups excluding carboxylic acids is 1. The number of anilines is 1. The van der Waals surface area contributed by atoms with Gasteiger partial charge in [-0.1, -0.05) is 32.9 Å². The Hall–Kier alpha value is -1.43. The van der Waals surface area contributed by atoms with Gasteiger partial charge in [-0.2, -0.15) is 0 Å². The van der Waals surface area contributed by atoms with E-state index in [-0.39, 0.29) is 17.1 Å². The Morgan fingerprint density at radius 1 is 1.10 bits per heavy atom. The molecule has 0 aliphatic heterocycles. The molecule has 2 nitrogen and oxygen atoms in total. The lowest BCUT2D eigenvalue weighted by Gasteiger charge is -2.19. The van der Waals surface area contributed by atoms with Crippen LogP contribution in [-0.2, 0) is 5.41 Å². The van der Waals surface area contributed by atoms with Crippen LogP contribution in [0.1, 0.15) is 36.7 Å². The highest BCUT2D eigenvalue weighted by atomic mass is 127. The van der Waals surface area contributed by atoms with E-state index in [9.17, 15) is 9.18 Å².